The quantitative estimate of drug-likeness (QED) is 0.145. The minimum atomic E-state index is -0.631. The average Bonchev–Trinajstić information content (AvgIpc) is 3.69. The Morgan fingerprint density at radius 3 is 2.62 bits per heavy atom. The molecule has 3 heterocycles. The number of hydrogen-bond acceptors (Lipinski definition) is 11. The van der Waals surface area contributed by atoms with Gasteiger partial charge in [0.2, 0.25) is 5.95 Å². The highest BCUT2D eigenvalue weighted by atomic mass is 35.5. The van der Waals surface area contributed by atoms with E-state index in [1.54, 1.807) is 16.8 Å². The van der Waals surface area contributed by atoms with Crippen LogP contribution in [0.25, 0.3) is 10.6 Å². The van der Waals surface area contributed by atoms with Gasteiger partial charge in [0.25, 0.3) is 0 Å². The Labute approximate surface area is 258 Å². The Balaban J connectivity index is 1.25. The molecule has 6 rings (SSSR count). The minimum Gasteiger partial charge on any atom is -0.489 e. The summed E-state index contributed by atoms with van der Waals surface area (Å²) < 4.78 is 13.5. The summed E-state index contributed by atoms with van der Waals surface area (Å²) in [4.78, 5) is 13.2. The maximum atomic E-state index is 13.2. The highest BCUT2D eigenvalue weighted by Gasteiger charge is 2.36. The molecule has 0 amide bonds. The van der Waals surface area contributed by atoms with Crippen LogP contribution in [0.4, 0.5) is 5.95 Å². The van der Waals surface area contributed by atoms with Gasteiger partial charge in [0, 0.05) is 32.6 Å². The molecule has 2 aromatic heterocycles. The molecule has 14 heteroatoms. The van der Waals surface area contributed by atoms with Crippen molar-refractivity contribution in [2.24, 2.45) is 0 Å². The summed E-state index contributed by atoms with van der Waals surface area (Å²) in [7, 11) is 1.35. The number of fused-ring (bicyclic) bond motifs is 1. The smallest absolute Gasteiger partial charge is 0.338 e. The number of carbonyl (C=O) groups is 1. The molecule has 1 aliphatic heterocycles. The number of benzene rings is 3. The fraction of sp³-hybridized carbons (Fsp3) is 0.143. The van der Waals surface area contributed by atoms with Crippen LogP contribution >= 0.6 is 46.3 Å². The number of aromatic nitrogens is 6. The predicted octanol–water partition coefficient (Wildman–Crippen LogP) is 6.31. The molecule has 10 nitrogen and oxygen atoms in total. The van der Waals surface area contributed by atoms with E-state index in [4.69, 9.17) is 32.7 Å². The van der Waals surface area contributed by atoms with E-state index in [1.165, 1.54) is 30.2 Å². The number of esters is 1. The number of nitrogens with zero attached hydrogens (tertiary/aromatic N) is 6. The number of halogens is 2. The number of thioether (sulfide) groups is 1. The number of hydrogen-bond donors (Lipinski definition) is 1. The summed E-state index contributed by atoms with van der Waals surface area (Å²) in [6, 6.07) is 21.9. The number of ether oxygens (including phenoxy) is 2. The van der Waals surface area contributed by atoms with Crippen molar-refractivity contribution in [1.82, 2.24) is 30.4 Å². The van der Waals surface area contributed by atoms with Crippen LogP contribution in [0.15, 0.2) is 88.4 Å². The summed E-state index contributed by atoms with van der Waals surface area (Å²) in [5.41, 5.74) is 3.58. The van der Waals surface area contributed by atoms with Gasteiger partial charge in [-0.2, -0.15) is 4.68 Å². The third-order valence-corrected chi connectivity index (χ3v) is 9.10. The highest BCUT2D eigenvalue weighted by molar-refractivity contribution is 8.01. The zero-order chi connectivity index (χ0) is 29.1. The highest BCUT2D eigenvalue weighted by Crippen LogP contribution is 2.38. The zero-order valence-corrected chi connectivity index (χ0v) is 25.0. The van der Waals surface area contributed by atoms with E-state index in [9.17, 15) is 4.79 Å². The van der Waals surface area contributed by atoms with Gasteiger partial charge in [0.1, 0.15) is 23.4 Å². The molecule has 0 radical (unpaired) electrons. The molecule has 5 aromatic rings. The summed E-state index contributed by atoms with van der Waals surface area (Å²) in [6.45, 7) is 0.270. The standard InChI is InChI=1S/C28H21Cl2N7O3S2/c1-39-26(38)23-22(15-41-28-34-32-25(42-28)17-5-3-2-4-6-17)31-27-33-35-36-37(27)24(23)16-8-11-20(12-9-16)40-14-18-7-10-19(29)13-21(18)30/h2-13,24H,14-15H2,1H3,(H,31,33,36). The van der Waals surface area contributed by atoms with Crippen molar-refractivity contribution < 1.29 is 14.3 Å². The van der Waals surface area contributed by atoms with Gasteiger partial charge in [-0.3, -0.25) is 0 Å². The van der Waals surface area contributed by atoms with Crippen molar-refractivity contribution in [1.29, 1.82) is 0 Å². The van der Waals surface area contributed by atoms with Crippen molar-refractivity contribution in [3.8, 4) is 16.3 Å². The molecule has 212 valence electrons. The first kappa shape index (κ1) is 28.2. The predicted molar refractivity (Wildman–Crippen MR) is 162 cm³/mol. The summed E-state index contributed by atoms with van der Waals surface area (Å²) >= 11 is 15.2. The molecular formula is C28H21Cl2N7O3S2. The first-order valence-electron chi connectivity index (χ1n) is 12.5. The molecule has 0 saturated carbocycles. The number of anilines is 1. The molecule has 0 aliphatic carbocycles. The van der Waals surface area contributed by atoms with Crippen LogP contribution in [0, 0.1) is 0 Å². The zero-order valence-electron chi connectivity index (χ0n) is 21.9. The van der Waals surface area contributed by atoms with Crippen LogP contribution < -0.4 is 10.1 Å². The maximum absolute atomic E-state index is 13.2. The molecule has 1 aliphatic rings. The van der Waals surface area contributed by atoms with Crippen molar-refractivity contribution >= 4 is 58.2 Å². The number of tetrazole rings is 1. The Morgan fingerprint density at radius 2 is 1.86 bits per heavy atom. The van der Waals surface area contributed by atoms with Gasteiger partial charge in [0.15, 0.2) is 4.34 Å². The molecule has 1 N–H and O–H groups in total. The lowest BCUT2D eigenvalue weighted by Crippen LogP contribution is -2.30. The van der Waals surface area contributed by atoms with E-state index in [0.717, 1.165) is 26.0 Å². The van der Waals surface area contributed by atoms with Crippen LogP contribution in [0.2, 0.25) is 10.0 Å². The van der Waals surface area contributed by atoms with Crippen LogP contribution in [0.5, 0.6) is 5.75 Å². The lowest BCUT2D eigenvalue weighted by Gasteiger charge is -2.28. The van der Waals surface area contributed by atoms with E-state index in [0.29, 0.717) is 38.8 Å². The van der Waals surface area contributed by atoms with Gasteiger partial charge in [-0.05, 0) is 40.3 Å². The van der Waals surface area contributed by atoms with E-state index in [-0.39, 0.29) is 6.61 Å². The van der Waals surface area contributed by atoms with Crippen molar-refractivity contribution in [3.05, 3.63) is 105 Å². The molecule has 42 heavy (non-hydrogen) atoms. The Bertz CT molecular complexity index is 1760. The summed E-state index contributed by atoms with van der Waals surface area (Å²) in [5.74, 6) is 0.924. The molecule has 3 aromatic carbocycles. The van der Waals surface area contributed by atoms with Crippen LogP contribution in [-0.4, -0.2) is 49.2 Å². The third-order valence-electron chi connectivity index (χ3n) is 6.38. The second kappa shape index (κ2) is 12.5. The number of nitrogens with one attached hydrogen (secondary N) is 1. The third kappa shape index (κ3) is 5.97. The van der Waals surface area contributed by atoms with Gasteiger partial charge in [-0.15, -0.1) is 10.2 Å². The van der Waals surface area contributed by atoms with Gasteiger partial charge < -0.3 is 14.8 Å². The van der Waals surface area contributed by atoms with Crippen LogP contribution in [-0.2, 0) is 16.1 Å². The molecule has 0 spiro atoms. The maximum Gasteiger partial charge on any atom is 0.338 e. The summed E-state index contributed by atoms with van der Waals surface area (Å²) in [6.07, 6.45) is 0. The minimum absolute atomic E-state index is 0.270. The fourth-order valence-corrected chi connectivity index (χ4v) is 6.64. The number of rotatable bonds is 9. The SMILES string of the molecule is COC(=O)C1=C(CSc2nnc(-c3ccccc3)s2)Nc2nnnn2C1c1ccc(OCc2ccc(Cl)cc2Cl)cc1. The average molecular weight is 639 g/mol. The van der Waals surface area contributed by atoms with Crippen molar-refractivity contribution in [2.75, 3.05) is 18.2 Å². The molecule has 0 saturated heterocycles. The van der Waals surface area contributed by atoms with Gasteiger partial charge in [-0.1, -0.05) is 99.9 Å². The largest absolute Gasteiger partial charge is 0.489 e. The second-order valence-electron chi connectivity index (χ2n) is 8.98. The molecule has 0 bridgehead atoms. The van der Waals surface area contributed by atoms with Crippen molar-refractivity contribution in [2.45, 2.75) is 17.0 Å². The van der Waals surface area contributed by atoms with Crippen LogP contribution in [0.3, 0.4) is 0 Å². The van der Waals surface area contributed by atoms with Gasteiger partial charge in [0.05, 0.1) is 12.7 Å². The van der Waals surface area contributed by atoms with E-state index < -0.39 is 12.0 Å². The van der Waals surface area contributed by atoms with E-state index >= 15 is 0 Å². The molecule has 0 fully saturated rings. The lowest BCUT2D eigenvalue weighted by molar-refractivity contribution is -0.136. The normalized spacial score (nSPS) is 14.3. The lowest BCUT2D eigenvalue weighted by atomic mass is 9.95. The molecule has 1 unspecified atom stereocenters. The first-order valence-corrected chi connectivity index (χ1v) is 15.1. The summed E-state index contributed by atoms with van der Waals surface area (Å²) in [5, 5.41) is 25.9. The van der Waals surface area contributed by atoms with Crippen molar-refractivity contribution in [3.63, 3.8) is 0 Å². The Kier molecular flexibility index (Phi) is 8.38. The second-order valence-corrected chi connectivity index (χ2v) is 12.0. The van der Waals surface area contributed by atoms with E-state index in [1.807, 2.05) is 60.7 Å². The monoisotopic (exact) mass is 637 g/mol. The Hall–Kier alpha value is -3.97. The van der Waals surface area contributed by atoms with Gasteiger partial charge >= 0.3 is 5.97 Å². The Morgan fingerprint density at radius 1 is 1.05 bits per heavy atom. The van der Waals surface area contributed by atoms with Gasteiger partial charge in [-0.25, -0.2) is 4.79 Å². The number of methoxy groups -OCH3 is 1. The molecular weight excluding hydrogens is 617 g/mol. The van der Waals surface area contributed by atoms with E-state index in [2.05, 4.69) is 31.0 Å². The number of carbonyl (C=O) groups excluding carboxylic acids is 1. The topological polar surface area (TPSA) is 117 Å². The van der Waals surface area contributed by atoms with Crippen LogP contribution in [0.1, 0.15) is 17.2 Å². The molecule has 1 atom stereocenters. The fourth-order valence-electron chi connectivity index (χ4n) is 4.35. The first-order chi connectivity index (χ1) is 20.5.